The Labute approximate surface area is 177 Å². The van der Waals surface area contributed by atoms with Gasteiger partial charge in [-0.25, -0.2) is 4.98 Å². The van der Waals surface area contributed by atoms with Crippen molar-refractivity contribution in [2.75, 3.05) is 0 Å². The van der Waals surface area contributed by atoms with Crippen molar-refractivity contribution in [3.8, 4) is 22.4 Å². The fourth-order valence-electron chi connectivity index (χ4n) is 5.62. The van der Waals surface area contributed by atoms with Crippen molar-refractivity contribution >= 4 is 27.5 Å². The molecule has 0 aliphatic heterocycles. The summed E-state index contributed by atoms with van der Waals surface area (Å²) in [5.74, 6) is 0. The lowest BCUT2D eigenvalue weighted by Gasteiger charge is -2.09. The molecule has 6 aromatic rings. The first-order valence-corrected chi connectivity index (χ1v) is 10.6. The highest BCUT2D eigenvalue weighted by molar-refractivity contribution is 6.10. The molecule has 4 heteroatoms. The maximum atomic E-state index is 5.17. The average Bonchev–Trinajstić information content (AvgIpc) is 3.47. The molecule has 4 heterocycles. The fraction of sp³-hybridized carbons (Fsp3) is 0.0741. The largest absolute Gasteiger partial charge is 0.294 e. The summed E-state index contributed by atoms with van der Waals surface area (Å²) >= 11 is 0. The predicted molar refractivity (Wildman–Crippen MR) is 122 cm³/mol. The second kappa shape index (κ2) is 5.35. The molecule has 0 N–H and O–H groups in total. The number of hydrogen-bond acceptors (Lipinski definition) is 3. The summed E-state index contributed by atoms with van der Waals surface area (Å²) in [7, 11) is 0. The molecule has 8 rings (SSSR count). The van der Waals surface area contributed by atoms with E-state index < -0.39 is 0 Å². The summed E-state index contributed by atoms with van der Waals surface area (Å²) in [5, 5.41) is 2.22. The Kier molecular flexibility index (Phi) is 2.72. The minimum atomic E-state index is 0.894. The third kappa shape index (κ3) is 1.88. The van der Waals surface area contributed by atoms with Crippen LogP contribution in [0, 0.1) is 0 Å². The molecular formula is C27H16N4. The number of benzene rings is 2. The Morgan fingerprint density at radius 1 is 0.742 bits per heavy atom. The van der Waals surface area contributed by atoms with Gasteiger partial charge in [-0.05, 0) is 52.4 Å². The number of pyridine rings is 3. The molecular weight excluding hydrogens is 380 g/mol. The van der Waals surface area contributed by atoms with Gasteiger partial charge in [-0.15, -0.1) is 0 Å². The van der Waals surface area contributed by atoms with Gasteiger partial charge in [0.1, 0.15) is 5.52 Å². The molecule has 0 bridgehead atoms. The van der Waals surface area contributed by atoms with E-state index in [0.29, 0.717) is 0 Å². The molecule has 0 spiro atoms. The monoisotopic (exact) mass is 396 g/mol. The minimum Gasteiger partial charge on any atom is -0.294 e. The van der Waals surface area contributed by atoms with E-state index in [0.717, 1.165) is 46.0 Å². The molecule has 0 fully saturated rings. The highest BCUT2D eigenvalue weighted by atomic mass is 15.1. The molecule has 31 heavy (non-hydrogen) atoms. The minimum absolute atomic E-state index is 0.894. The Morgan fingerprint density at radius 3 is 2.68 bits per heavy atom. The van der Waals surface area contributed by atoms with Gasteiger partial charge in [0.25, 0.3) is 0 Å². The molecule has 0 saturated carbocycles. The number of hydrogen-bond donors (Lipinski definition) is 0. The molecule has 144 valence electrons. The first-order valence-electron chi connectivity index (χ1n) is 10.6. The SMILES string of the molecule is c1ccc2c(c1)Cc1cc3c(cc1-2)-c1nc2c4ncccc4c4cnccc4n2c1C3. The lowest BCUT2D eigenvalue weighted by molar-refractivity contribution is 1.08. The zero-order valence-electron chi connectivity index (χ0n) is 16.6. The van der Waals surface area contributed by atoms with Gasteiger partial charge in [-0.3, -0.25) is 14.4 Å². The zero-order valence-corrected chi connectivity index (χ0v) is 16.6. The fourth-order valence-corrected chi connectivity index (χ4v) is 5.62. The molecule has 2 aliphatic carbocycles. The first kappa shape index (κ1) is 15.7. The van der Waals surface area contributed by atoms with Crippen molar-refractivity contribution in [1.82, 2.24) is 19.4 Å². The van der Waals surface area contributed by atoms with Gasteiger partial charge in [-0.1, -0.05) is 36.4 Å². The van der Waals surface area contributed by atoms with E-state index >= 15 is 0 Å². The number of nitrogens with zero attached hydrogens (tertiary/aromatic N) is 4. The Bertz CT molecular complexity index is 1740. The van der Waals surface area contributed by atoms with Gasteiger partial charge in [0, 0.05) is 41.3 Å². The van der Waals surface area contributed by atoms with Crippen molar-refractivity contribution in [3.63, 3.8) is 0 Å². The highest BCUT2D eigenvalue weighted by Gasteiger charge is 2.29. The summed E-state index contributed by atoms with van der Waals surface area (Å²) in [6.07, 6.45) is 7.57. The first-order chi connectivity index (χ1) is 15.4. The second-order valence-electron chi connectivity index (χ2n) is 8.54. The van der Waals surface area contributed by atoms with Crippen LogP contribution in [0.25, 0.3) is 49.8 Å². The van der Waals surface area contributed by atoms with Gasteiger partial charge in [0.2, 0.25) is 0 Å². The lowest BCUT2D eigenvalue weighted by atomic mass is 9.99. The van der Waals surface area contributed by atoms with Crippen LogP contribution in [0.15, 0.2) is 73.2 Å². The standard InChI is InChI=1S/C27H16N4/c1-2-5-18-15(4-1)10-16-11-17-12-24-25(21(17)13-20(16)18)30-27-26-19(6-3-8-29-26)22-14-28-9-7-23(22)31(24)27/h1-9,11,13-14H,10,12H2. The third-order valence-electron chi connectivity index (χ3n) is 6.95. The van der Waals surface area contributed by atoms with Crippen LogP contribution < -0.4 is 0 Å². The second-order valence-corrected chi connectivity index (χ2v) is 8.54. The van der Waals surface area contributed by atoms with Crippen LogP contribution in [-0.2, 0) is 12.8 Å². The maximum absolute atomic E-state index is 5.17. The van der Waals surface area contributed by atoms with Crippen molar-refractivity contribution in [2.24, 2.45) is 0 Å². The summed E-state index contributed by atoms with van der Waals surface area (Å²) in [6, 6.07) is 19.7. The molecule has 2 aromatic carbocycles. The van der Waals surface area contributed by atoms with E-state index in [1.807, 2.05) is 24.7 Å². The number of fused-ring (bicyclic) bond motifs is 13. The lowest BCUT2D eigenvalue weighted by Crippen LogP contribution is -1.97. The van der Waals surface area contributed by atoms with Crippen molar-refractivity contribution < 1.29 is 0 Å². The van der Waals surface area contributed by atoms with E-state index in [1.54, 1.807) is 0 Å². The summed E-state index contributed by atoms with van der Waals surface area (Å²) in [6.45, 7) is 0. The summed E-state index contributed by atoms with van der Waals surface area (Å²) in [5.41, 5.74) is 13.6. The quantitative estimate of drug-likeness (QED) is 0.315. The number of imidazole rings is 1. The van der Waals surface area contributed by atoms with E-state index in [9.17, 15) is 0 Å². The molecule has 0 atom stereocenters. The summed E-state index contributed by atoms with van der Waals surface area (Å²) in [4.78, 5) is 14.3. The van der Waals surface area contributed by atoms with E-state index in [2.05, 4.69) is 57.9 Å². The van der Waals surface area contributed by atoms with Gasteiger partial charge in [0.05, 0.1) is 16.9 Å². The van der Waals surface area contributed by atoms with Crippen LogP contribution in [0.2, 0.25) is 0 Å². The smallest absolute Gasteiger partial charge is 0.164 e. The average molecular weight is 396 g/mol. The topological polar surface area (TPSA) is 43.1 Å². The van der Waals surface area contributed by atoms with Gasteiger partial charge in [0.15, 0.2) is 5.65 Å². The van der Waals surface area contributed by atoms with E-state index in [1.165, 1.54) is 39.1 Å². The van der Waals surface area contributed by atoms with Gasteiger partial charge < -0.3 is 0 Å². The number of aromatic nitrogens is 4. The third-order valence-corrected chi connectivity index (χ3v) is 6.95. The predicted octanol–water partition coefficient (Wildman–Crippen LogP) is 5.57. The molecule has 4 nitrogen and oxygen atoms in total. The van der Waals surface area contributed by atoms with Crippen LogP contribution in [0.1, 0.15) is 22.4 Å². The van der Waals surface area contributed by atoms with Crippen LogP contribution in [0.3, 0.4) is 0 Å². The van der Waals surface area contributed by atoms with Crippen LogP contribution in [-0.4, -0.2) is 19.4 Å². The van der Waals surface area contributed by atoms with Crippen molar-refractivity contribution in [3.05, 3.63) is 95.6 Å². The summed E-state index contributed by atoms with van der Waals surface area (Å²) < 4.78 is 2.31. The van der Waals surface area contributed by atoms with Crippen LogP contribution in [0.4, 0.5) is 0 Å². The molecule has 0 radical (unpaired) electrons. The normalized spacial score (nSPS) is 13.5. The van der Waals surface area contributed by atoms with E-state index in [-0.39, 0.29) is 0 Å². The Morgan fingerprint density at radius 2 is 1.68 bits per heavy atom. The molecule has 0 saturated heterocycles. The maximum Gasteiger partial charge on any atom is 0.164 e. The molecule has 4 aromatic heterocycles. The Balaban J connectivity index is 1.48. The highest BCUT2D eigenvalue weighted by Crippen LogP contribution is 2.45. The van der Waals surface area contributed by atoms with Crippen molar-refractivity contribution in [2.45, 2.75) is 12.8 Å². The Hall–Kier alpha value is -4.05. The molecule has 0 unspecified atom stereocenters. The number of rotatable bonds is 0. The molecule has 2 aliphatic rings. The zero-order chi connectivity index (χ0) is 20.1. The van der Waals surface area contributed by atoms with Crippen LogP contribution in [0.5, 0.6) is 0 Å². The van der Waals surface area contributed by atoms with E-state index in [4.69, 9.17) is 9.97 Å². The molecule has 0 amide bonds. The van der Waals surface area contributed by atoms with Gasteiger partial charge in [-0.2, -0.15) is 0 Å². The van der Waals surface area contributed by atoms with Crippen molar-refractivity contribution in [1.29, 1.82) is 0 Å². The van der Waals surface area contributed by atoms with Crippen LogP contribution >= 0.6 is 0 Å². The van der Waals surface area contributed by atoms with Gasteiger partial charge >= 0.3 is 0 Å².